The summed E-state index contributed by atoms with van der Waals surface area (Å²) in [7, 11) is -3.79. The molecule has 4 rings (SSSR count). The Morgan fingerprint density at radius 3 is 2.61 bits per heavy atom. The summed E-state index contributed by atoms with van der Waals surface area (Å²) < 4.78 is 28.7. The highest BCUT2D eigenvalue weighted by molar-refractivity contribution is 7.93. The van der Waals surface area contributed by atoms with Crippen molar-refractivity contribution in [1.29, 1.82) is 0 Å². The lowest BCUT2D eigenvalue weighted by Crippen LogP contribution is -2.12. The van der Waals surface area contributed by atoms with Crippen LogP contribution in [0.3, 0.4) is 0 Å². The molecule has 2 heterocycles. The van der Waals surface area contributed by atoms with Crippen LogP contribution in [0.25, 0.3) is 16.6 Å². The fourth-order valence-electron chi connectivity index (χ4n) is 2.78. The number of sulfonamides is 1. The number of aromatic nitrogens is 3. The average molecular weight is 499 g/mol. The van der Waals surface area contributed by atoms with E-state index in [1.165, 1.54) is 46.5 Å². The second kappa shape index (κ2) is 9.36. The number of aliphatic hydroxyl groups excluding tert-OH is 1. The molecule has 0 spiro atoms. The van der Waals surface area contributed by atoms with Crippen molar-refractivity contribution >= 4 is 67.3 Å². The van der Waals surface area contributed by atoms with E-state index in [1.54, 1.807) is 29.6 Å². The van der Waals surface area contributed by atoms with Gasteiger partial charge in [0, 0.05) is 11.6 Å². The molecule has 0 bridgehead atoms. The number of aliphatic hydroxyl groups is 1. The smallest absolute Gasteiger partial charge is 0.263 e. The molecule has 0 saturated heterocycles. The molecule has 33 heavy (non-hydrogen) atoms. The van der Waals surface area contributed by atoms with Crippen molar-refractivity contribution in [3.8, 4) is 0 Å². The fourth-order valence-corrected chi connectivity index (χ4v) is 4.86. The van der Waals surface area contributed by atoms with E-state index >= 15 is 0 Å². The molecule has 13 heteroatoms. The number of aldehydes is 1. The molecule has 0 aliphatic carbocycles. The summed E-state index contributed by atoms with van der Waals surface area (Å²) in [5, 5.41) is 19.6. The minimum absolute atomic E-state index is 0.0358. The van der Waals surface area contributed by atoms with Crippen molar-refractivity contribution in [3.05, 3.63) is 76.7 Å². The molecule has 166 valence electrons. The number of benzene rings is 2. The van der Waals surface area contributed by atoms with Gasteiger partial charge in [-0.05, 0) is 36.4 Å². The van der Waals surface area contributed by atoms with Gasteiger partial charge in [0.1, 0.15) is 5.69 Å². The summed E-state index contributed by atoms with van der Waals surface area (Å²) >= 11 is 6.58. The third-order valence-corrected chi connectivity index (χ3v) is 6.87. The summed E-state index contributed by atoms with van der Waals surface area (Å²) in [6, 6.07) is 12.7. The van der Waals surface area contributed by atoms with Gasteiger partial charge in [0.25, 0.3) is 10.0 Å². The molecule has 0 atom stereocenters. The maximum atomic E-state index is 12.5. The molecule has 2 N–H and O–H groups in total. The quantitative estimate of drug-likeness (QED) is 0.124. The lowest BCUT2D eigenvalue weighted by Gasteiger charge is -2.08. The first-order chi connectivity index (χ1) is 15.9. The first kappa shape index (κ1) is 22.4. The van der Waals surface area contributed by atoms with Gasteiger partial charge in [-0.25, -0.2) is 18.4 Å². The number of hydrogen-bond donors (Lipinski definition) is 2. The summed E-state index contributed by atoms with van der Waals surface area (Å²) in [6.45, 7) is 0. The molecule has 2 aromatic heterocycles. The topological polar surface area (TPSA) is 139 Å². The van der Waals surface area contributed by atoms with Crippen LogP contribution < -0.4 is 4.72 Å². The second-order valence-corrected chi connectivity index (χ2v) is 9.36. The zero-order chi connectivity index (χ0) is 23.4. The van der Waals surface area contributed by atoms with Crippen molar-refractivity contribution in [1.82, 2.24) is 14.6 Å². The molecule has 2 aromatic carbocycles. The predicted octanol–water partition coefficient (Wildman–Crippen LogP) is 4.67. The molecule has 0 unspecified atom stereocenters. The van der Waals surface area contributed by atoms with E-state index in [2.05, 4.69) is 25.0 Å². The van der Waals surface area contributed by atoms with Gasteiger partial charge < -0.3 is 5.11 Å². The van der Waals surface area contributed by atoms with E-state index in [4.69, 9.17) is 12.2 Å². The molecule has 0 amide bonds. The summed E-state index contributed by atoms with van der Waals surface area (Å²) in [5.74, 6) is 0. The van der Waals surface area contributed by atoms with E-state index in [-0.39, 0.29) is 25.9 Å². The molecule has 0 radical (unpaired) electrons. The van der Waals surface area contributed by atoms with Crippen LogP contribution in [0.1, 0.15) is 5.69 Å². The van der Waals surface area contributed by atoms with Crippen LogP contribution in [-0.2, 0) is 14.8 Å². The van der Waals surface area contributed by atoms with E-state index in [1.807, 2.05) is 0 Å². The Kier molecular flexibility index (Phi) is 6.35. The molecule has 0 aliphatic rings. The molecular weight excluding hydrogens is 484 g/mol. The molecule has 10 nitrogen and oxygen atoms in total. The van der Waals surface area contributed by atoms with Gasteiger partial charge in [0.15, 0.2) is 16.1 Å². The Labute approximate surface area is 196 Å². The Hall–Kier alpha value is -3.81. The van der Waals surface area contributed by atoms with Gasteiger partial charge in [0.05, 0.1) is 33.5 Å². The highest BCUT2D eigenvalue weighted by atomic mass is 32.2. The third-order valence-electron chi connectivity index (χ3n) is 4.33. The Bertz CT molecular complexity index is 1540. The number of carbonyl (C=O) groups is 1. The molecule has 0 fully saturated rings. The standard InChI is InChI=1S/C20H14N6O4S3/c27-11-13(12-28)18-19(31)26(17-4-2-1-3-16(17)22-18)25-23-14-5-7-15(8-6-14)33(29,30)24-20-21-9-10-32-20/h1-12,27H,(H,21,24)/b13-11+,25-23?. The number of allylic oxidation sites excluding steroid dienone is 1. The van der Waals surface area contributed by atoms with Gasteiger partial charge >= 0.3 is 0 Å². The number of para-hydroxylation sites is 2. The van der Waals surface area contributed by atoms with E-state index in [0.29, 0.717) is 29.3 Å². The van der Waals surface area contributed by atoms with Gasteiger partial charge in [-0.1, -0.05) is 29.6 Å². The Morgan fingerprint density at radius 2 is 1.94 bits per heavy atom. The van der Waals surface area contributed by atoms with Crippen molar-refractivity contribution in [2.75, 3.05) is 4.72 Å². The van der Waals surface area contributed by atoms with Crippen LogP contribution in [-0.4, -0.2) is 34.5 Å². The number of nitrogens with one attached hydrogen (secondary N) is 1. The Balaban J connectivity index is 1.69. The molecular formula is C20H14N6O4S3. The van der Waals surface area contributed by atoms with Gasteiger partial charge in [-0.15, -0.1) is 16.5 Å². The average Bonchev–Trinajstić information content (AvgIpc) is 3.32. The van der Waals surface area contributed by atoms with Crippen molar-refractivity contribution in [3.63, 3.8) is 0 Å². The van der Waals surface area contributed by atoms with Gasteiger partial charge in [0.2, 0.25) is 0 Å². The number of hydrogen-bond acceptors (Lipinski definition) is 10. The SMILES string of the molecule is O=C/C(=C\O)c1nc2ccccc2n(N=Nc2ccc(S(=O)(=O)Nc3nccs3)cc2)c1=S. The summed E-state index contributed by atoms with van der Waals surface area (Å²) in [6.07, 6.45) is 2.56. The monoisotopic (exact) mass is 498 g/mol. The third kappa shape index (κ3) is 4.69. The number of nitrogens with zero attached hydrogens (tertiary/aromatic N) is 5. The molecule has 4 aromatic rings. The van der Waals surface area contributed by atoms with Crippen LogP contribution in [0.5, 0.6) is 0 Å². The lowest BCUT2D eigenvalue weighted by molar-refractivity contribution is -0.103. The number of fused-ring (bicyclic) bond motifs is 1. The highest BCUT2D eigenvalue weighted by Crippen LogP contribution is 2.23. The number of rotatable bonds is 7. The summed E-state index contributed by atoms with van der Waals surface area (Å²) in [4.78, 5) is 19.6. The zero-order valence-electron chi connectivity index (χ0n) is 16.6. The summed E-state index contributed by atoms with van der Waals surface area (Å²) in [5.41, 5.74) is 1.36. The van der Waals surface area contributed by atoms with Crippen molar-refractivity contribution in [2.45, 2.75) is 4.90 Å². The van der Waals surface area contributed by atoms with E-state index in [9.17, 15) is 18.3 Å². The number of thiazole rings is 1. The van der Waals surface area contributed by atoms with Crippen LogP contribution in [0.4, 0.5) is 10.8 Å². The van der Waals surface area contributed by atoms with Crippen LogP contribution in [0.15, 0.2) is 81.6 Å². The maximum absolute atomic E-state index is 12.5. The molecule has 0 aliphatic heterocycles. The highest BCUT2D eigenvalue weighted by Gasteiger charge is 2.15. The lowest BCUT2D eigenvalue weighted by atomic mass is 10.2. The normalized spacial score (nSPS) is 12.3. The molecule has 0 saturated carbocycles. The first-order valence-electron chi connectivity index (χ1n) is 9.19. The van der Waals surface area contributed by atoms with Crippen molar-refractivity contribution < 1.29 is 18.3 Å². The van der Waals surface area contributed by atoms with E-state index in [0.717, 1.165) is 0 Å². The largest absolute Gasteiger partial charge is 0.515 e. The minimum Gasteiger partial charge on any atom is -0.515 e. The van der Waals surface area contributed by atoms with Gasteiger partial charge in [-0.2, -0.15) is 4.68 Å². The predicted molar refractivity (Wildman–Crippen MR) is 127 cm³/mol. The second-order valence-electron chi connectivity index (χ2n) is 6.39. The number of carbonyl (C=O) groups excluding carboxylic acids is 1. The maximum Gasteiger partial charge on any atom is 0.263 e. The minimum atomic E-state index is -3.79. The van der Waals surface area contributed by atoms with Crippen LogP contribution in [0.2, 0.25) is 0 Å². The van der Waals surface area contributed by atoms with Gasteiger partial charge in [-0.3, -0.25) is 9.52 Å². The zero-order valence-corrected chi connectivity index (χ0v) is 19.0. The van der Waals surface area contributed by atoms with Crippen molar-refractivity contribution in [2.24, 2.45) is 10.3 Å². The van der Waals surface area contributed by atoms with E-state index < -0.39 is 10.0 Å². The van der Waals surface area contributed by atoms with Crippen LogP contribution >= 0.6 is 23.6 Å². The first-order valence-corrected chi connectivity index (χ1v) is 12.0. The van der Waals surface area contributed by atoms with Crippen LogP contribution in [0, 0.1) is 4.64 Å². The Morgan fingerprint density at radius 1 is 1.18 bits per heavy atom. The fraction of sp³-hybridized carbons (Fsp3) is 0. The number of anilines is 1.